The zero-order valence-electron chi connectivity index (χ0n) is 10.4. The molecule has 0 bridgehead atoms. The molecular weight excluding hydrogens is 260 g/mol. The van der Waals surface area contributed by atoms with Crippen molar-refractivity contribution in [3.8, 4) is 0 Å². The van der Waals surface area contributed by atoms with Crippen LogP contribution in [0.15, 0.2) is 18.2 Å². The lowest BCUT2D eigenvalue weighted by Gasteiger charge is -2.26. The SMILES string of the molecule is NCCc1ccc(N(CC(F)(F)F)C2CC2)c(F)c1. The predicted octanol–water partition coefficient (Wildman–Crippen LogP) is 2.86. The van der Waals surface area contributed by atoms with Gasteiger partial charge in [0.2, 0.25) is 0 Å². The van der Waals surface area contributed by atoms with Gasteiger partial charge in [-0.2, -0.15) is 13.2 Å². The molecule has 6 heteroatoms. The van der Waals surface area contributed by atoms with Crippen LogP contribution < -0.4 is 10.6 Å². The maximum atomic E-state index is 13.9. The minimum Gasteiger partial charge on any atom is -0.357 e. The van der Waals surface area contributed by atoms with Gasteiger partial charge in [0.05, 0.1) is 5.69 Å². The van der Waals surface area contributed by atoms with Gasteiger partial charge in [-0.3, -0.25) is 0 Å². The number of hydrogen-bond acceptors (Lipinski definition) is 2. The molecule has 0 aromatic heterocycles. The summed E-state index contributed by atoms with van der Waals surface area (Å²) in [5.41, 5.74) is 6.10. The number of hydrogen-bond donors (Lipinski definition) is 1. The van der Waals surface area contributed by atoms with Gasteiger partial charge in [0.25, 0.3) is 0 Å². The van der Waals surface area contributed by atoms with Crippen molar-refractivity contribution in [3.05, 3.63) is 29.6 Å². The highest BCUT2D eigenvalue weighted by atomic mass is 19.4. The Hall–Kier alpha value is -1.30. The van der Waals surface area contributed by atoms with Crippen molar-refractivity contribution in [3.63, 3.8) is 0 Å². The molecule has 1 aliphatic carbocycles. The standard InChI is InChI=1S/C13H16F4N2/c14-11-7-9(5-6-18)1-4-12(11)19(10-2-3-10)8-13(15,16)17/h1,4,7,10H,2-3,5-6,8,18H2. The molecule has 0 radical (unpaired) electrons. The van der Waals surface area contributed by atoms with Crippen molar-refractivity contribution < 1.29 is 17.6 Å². The lowest BCUT2D eigenvalue weighted by atomic mass is 10.1. The van der Waals surface area contributed by atoms with Crippen LogP contribution in [-0.2, 0) is 6.42 Å². The highest BCUT2D eigenvalue weighted by Gasteiger charge is 2.39. The van der Waals surface area contributed by atoms with E-state index >= 15 is 0 Å². The molecule has 0 saturated heterocycles. The first-order valence-electron chi connectivity index (χ1n) is 6.22. The summed E-state index contributed by atoms with van der Waals surface area (Å²) >= 11 is 0. The van der Waals surface area contributed by atoms with Crippen molar-refractivity contribution in [1.29, 1.82) is 0 Å². The van der Waals surface area contributed by atoms with Crippen LogP contribution >= 0.6 is 0 Å². The van der Waals surface area contributed by atoms with Crippen LogP contribution in [0.5, 0.6) is 0 Å². The summed E-state index contributed by atoms with van der Waals surface area (Å²) < 4.78 is 51.5. The fourth-order valence-electron chi connectivity index (χ4n) is 2.10. The van der Waals surface area contributed by atoms with E-state index in [0.29, 0.717) is 31.4 Å². The van der Waals surface area contributed by atoms with Crippen LogP contribution in [0.4, 0.5) is 23.2 Å². The molecule has 1 saturated carbocycles. The quantitative estimate of drug-likeness (QED) is 0.838. The van der Waals surface area contributed by atoms with E-state index in [4.69, 9.17) is 5.73 Å². The van der Waals surface area contributed by atoms with Crippen LogP contribution in [0, 0.1) is 5.82 Å². The molecule has 0 amide bonds. The molecule has 0 aliphatic heterocycles. The number of rotatable bonds is 5. The monoisotopic (exact) mass is 276 g/mol. The Morgan fingerprint density at radius 3 is 2.42 bits per heavy atom. The van der Waals surface area contributed by atoms with Crippen LogP contribution in [0.2, 0.25) is 0 Å². The Bertz CT molecular complexity index is 441. The fraction of sp³-hybridized carbons (Fsp3) is 0.538. The molecule has 1 aromatic carbocycles. The number of anilines is 1. The average Bonchev–Trinajstić information content (AvgIpc) is 3.09. The first-order chi connectivity index (χ1) is 8.90. The predicted molar refractivity (Wildman–Crippen MR) is 65.6 cm³/mol. The van der Waals surface area contributed by atoms with Crippen molar-refractivity contribution in [1.82, 2.24) is 0 Å². The molecule has 106 valence electrons. The Morgan fingerprint density at radius 1 is 1.26 bits per heavy atom. The number of halogens is 4. The van der Waals surface area contributed by atoms with Gasteiger partial charge in [0, 0.05) is 6.04 Å². The first kappa shape index (κ1) is 14.1. The molecule has 2 N–H and O–H groups in total. The van der Waals surface area contributed by atoms with Gasteiger partial charge in [-0.05, 0) is 43.5 Å². The second-order valence-electron chi connectivity index (χ2n) is 4.80. The van der Waals surface area contributed by atoms with Crippen LogP contribution in [0.3, 0.4) is 0 Å². The van der Waals surface area contributed by atoms with Gasteiger partial charge in [-0.1, -0.05) is 6.07 Å². The van der Waals surface area contributed by atoms with Crippen molar-refractivity contribution in [2.24, 2.45) is 5.73 Å². The summed E-state index contributed by atoms with van der Waals surface area (Å²) in [6.45, 7) is -0.724. The lowest BCUT2D eigenvalue weighted by molar-refractivity contribution is -0.120. The van der Waals surface area contributed by atoms with E-state index < -0.39 is 18.5 Å². The summed E-state index contributed by atoms with van der Waals surface area (Å²) in [6.07, 6.45) is -2.45. The molecule has 0 heterocycles. The minimum atomic E-state index is -4.33. The van der Waals surface area contributed by atoms with E-state index in [0.717, 1.165) is 4.90 Å². The fourth-order valence-corrected chi connectivity index (χ4v) is 2.10. The third-order valence-corrected chi connectivity index (χ3v) is 3.09. The van der Waals surface area contributed by atoms with Crippen molar-refractivity contribution >= 4 is 5.69 Å². The zero-order chi connectivity index (χ0) is 14.0. The second kappa shape index (κ2) is 5.36. The zero-order valence-corrected chi connectivity index (χ0v) is 10.4. The van der Waals surface area contributed by atoms with Gasteiger partial charge in [0.1, 0.15) is 12.4 Å². The molecule has 1 aromatic rings. The van der Waals surface area contributed by atoms with Crippen molar-refractivity contribution in [2.45, 2.75) is 31.5 Å². The molecule has 0 unspecified atom stereocenters. The van der Waals surface area contributed by atoms with Crippen LogP contribution in [0.25, 0.3) is 0 Å². The van der Waals surface area contributed by atoms with Crippen molar-refractivity contribution in [2.75, 3.05) is 18.0 Å². The summed E-state index contributed by atoms with van der Waals surface area (Å²) in [5, 5.41) is 0. The average molecular weight is 276 g/mol. The van der Waals surface area contributed by atoms with E-state index in [9.17, 15) is 17.6 Å². The highest BCUT2D eigenvalue weighted by molar-refractivity contribution is 5.51. The maximum absolute atomic E-state index is 13.9. The Morgan fingerprint density at radius 2 is 1.95 bits per heavy atom. The summed E-state index contributed by atoms with van der Waals surface area (Å²) in [4.78, 5) is 1.11. The third-order valence-electron chi connectivity index (χ3n) is 3.09. The molecular formula is C13H16F4N2. The smallest absolute Gasteiger partial charge is 0.357 e. The Labute approximate surface area is 109 Å². The normalized spacial score (nSPS) is 15.6. The molecule has 1 aliphatic rings. The lowest BCUT2D eigenvalue weighted by Crippen LogP contribution is -2.36. The molecule has 2 nitrogen and oxygen atoms in total. The number of alkyl halides is 3. The maximum Gasteiger partial charge on any atom is 0.405 e. The molecule has 0 spiro atoms. The van der Waals surface area contributed by atoms with Gasteiger partial charge < -0.3 is 10.6 Å². The molecule has 1 fully saturated rings. The van der Waals surface area contributed by atoms with Gasteiger partial charge >= 0.3 is 6.18 Å². The summed E-state index contributed by atoms with van der Waals surface area (Å²) in [5.74, 6) is -0.609. The summed E-state index contributed by atoms with van der Waals surface area (Å²) in [6, 6.07) is 4.13. The van der Waals surface area contributed by atoms with E-state index in [1.165, 1.54) is 12.1 Å². The first-order valence-corrected chi connectivity index (χ1v) is 6.22. The number of nitrogens with two attached hydrogens (primary N) is 1. The van der Waals surface area contributed by atoms with Gasteiger partial charge in [-0.25, -0.2) is 4.39 Å². The third kappa shape index (κ3) is 3.83. The Kier molecular flexibility index (Phi) is 3.99. The van der Waals surface area contributed by atoms with E-state index in [-0.39, 0.29) is 11.7 Å². The highest BCUT2D eigenvalue weighted by Crippen LogP contribution is 2.35. The number of nitrogens with zero attached hydrogens (tertiary/aromatic N) is 1. The van der Waals surface area contributed by atoms with E-state index in [2.05, 4.69) is 0 Å². The van der Waals surface area contributed by atoms with Crippen LogP contribution in [-0.4, -0.2) is 25.3 Å². The molecule has 0 atom stereocenters. The van der Waals surface area contributed by atoms with E-state index in [1.54, 1.807) is 6.07 Å². The number of benzene rings is 1. The molecule has 2 rings (SSSR count). The second-order valence-corrected chi connectivity index (χ2v) is 4.80. The van der Waals surface area contributed by atoms with E-state index in [1.807, 2.05) is 0 Å². The van der Waals surface area contributed by atoms with Crippen LogP contribution in [0.1, 0.15) is 18.4 Å². The summed E-state index contributed by atoms with van der Waals surface area (Å²) in [7, 11) is 0. The van der Waals surface area contributed by atoms with Gasteiger partial charge in [-0.15, -0.1) is 0 Å². The minimum absolute atomic E-state index is 0.0283. The largest absolute Gasteiger partial charge is 0.405 e. The topological polar surface area (TPSA) is 29.3 Å². The molecule has 19 heavy (non-hydrogen) atoms. The Balaban J connectivity index is 2.21. The van der Waals surface area contributed by atoms with Gasteiger partial charge in [0.15, 0.2) is 0 Å².